The lowest BCUT2D eigenvalue weighted by Gasteiger charge is -2.10. The Hall–Kier alpha value is -1.95. The van der Waals surface area contributed by atoms with Crippen molar-refractivity contribution in [3.63, 3.8) is 0 Å². The summed E-state index contributed by atoms with van der Waals surface area (Å²) in [6.45, 7) is 3.70. The summed E-state index contributed by atoms with van der Waals surface area (Å²) in [5, 5.41) is 0. The van der Waals surface area contributed by atoms with Gasteiger partial charge < -0.3 is 10.5 Å². The molecule has 1 heterocycles. The molecule has 0 spiro atoms. The molecule has 0 aliphatic rings. The smallest absolute Gasteiger partial charge is 0.343 e. The number of benzene rings is 1. The number of hydrogen-bond donors (Lipinski definition) is 1. The van der Waals surface area contributed by atoms with E-state index in [1.54, 1.807) is 6.92 Å². The molecule has 2 aromatic rings. The molecule has 0 saturated heterocycles. The number of rotatable bonds is 2. The molecular formula is C14H14BrN3O2. The van der Waals surface area contributed by atoms with Gasteiger partial charge >= 0.3 is 5.97 Å². The minimum absolute atomic E-state index is 0.117. The largest absolute Gasteiger partial charge is 0.465 e. The van der Waals surface area contributed by atoms with Crippen LogP contribution in [0.2, 0.25) is 0 Å². The van der Waals surface area contributed by atoms with E-state index in [0.29, 0.717) is 11.5 Å². The average Bonchev–Trinajstić information content (AvgIpc) is 2.37. The number of methoxy groups -OCH3 is 1. The highest BCUT2D eigenvalue weighted by molar-refractivity contribution is 9.10. The molecule has 0 fully saturated rings. The number of aromatic nitrogens is 2. The SMILES string of the molecule is COC(=O)c1c(C)nc(-c2ccc(C)cc2Br)nc1N. The molecule has 1 aromatic carbocycles. The quantitative estimate of drug-likeness (QED) is 0.853. The third-order valence-corrected chi connectivity index (χ3v) is 3.53. The molecule has 2 N–H and O–H groups in total. The highest BCUT2D eigenvalue weighted by Gasteiger charge is 2.18. The maximum atomic E-state index is 11.6. The van der Waals surface area contributed by atoms with Crippen molar-refractivity contribution < 1.29 is 9.53 Å². The molecule has 2 rings (SSSR count). The van der Waals surface area contributed by atoms with Gasteiger partial charge in [0.2, 0.25) is 0 Å². The first kappa shape index (κ1) is 14.5. The van der Waals surface area contributed by atoms with E-state index in [-0.39, 0.29) is 11.4 Å². The molecule has 0 atom stereocenters. The summed E-state index contributed by atoms with van der Waals surface area (Å²) in [5.41, 5.74) is 8.49. The normalized spacial score (nSPS) is 10.4. The van der Waals surface area contributed by atoms with Crippen LogP contribution >= 0.6 is 15.9 Å². The standard InChI is InChI=1S/C14H14BrN3O2/c1-7-4-5-9(10(15)6-7)13-17-8(2)11(12(16)18-13)14(19)20-3/h4-6H,1-3H3,(H2,16,17,18). The molecule has 104 valence electrons. The van der Waals surface area contributed by atoms with Gasteiger partial charge in [0.1, 0.15) is 11.4 Å². The van der Waals surface area contributed by atoms with Crippen LogP contribution in [0.3, 0.4) is 0 Å². The van der Waals surface area contributed by atoms with Gasteiger partial charge in [-0.2, -0.15) is 0 Å². The van der Waals surface area contributed by atoms with Crippen LogP contribution in [-0.2, 0) is 4.74 Å². The lowest BCUT2D eigenvalue weighted by molar-refractivity contribution is 0.0600. The third kappa shape index (κ3) is 2.65. The van der Waals surface area contributed by atoms with Gasteiger partial charge in [0.25, 0.3) is 0 Å². The van der Waals surface area contributed by atoms with Crippen LogP contribution in [0.25, 0.3) is 11.4 Å². The van der Waals surface area contributed by atoms with Crippen molar-refractivity contribution in [2.75, 3.05) is 12.8 Å². The minimum Gasteiger partial charge on any atom is -0.465 e. The Morgan fingerprint density at radius 3 is 2.55 bits per heavy atom. The van der Waals surface area contributed by atoms with Gasteiger partial charge in [-0.1, -0.05) is 22.0 Å². The molecule has 0 radical (unpaired) electrons. The monoisotopic (exact) mass is 335 g/mol. The number of aryl methyl sites for hydroxylation is 2. The summed E-state index contributed by atoms with van der Waals surface area (Å²) in [6, 6.07) is 5.84. The van der Waals surface area contributed by atoms with Crippen LogP contribution in [0, 0.1) is 13.8 Å². The number of carbonyl (C=O) groups is 1. The number of carbonyl (C=O) groups excluding carboxylic acids is 1. The molecule has 0 aliphatic heterocycles. The van der Waals surface area contributed by atoms with E-state index < -0.39 is 5.97 Å². The molecular weight excluding hydrogens is 322 g/mol. The van der Waals surface area contributed by atoms with Crippen molar-refractivity contribution >= 4 is 27.7 Å². The topological polar surface area (TPSA) is 78.1 Å². The second-order valence-corrected chi connectivity index (χ2v) is 5.22. The molecule has 0 amide bonds. The van der Waals surface area contributed by atoms with Crippen molar-refractivity contribution in [3.8, 4) is 11.4 Å². The van der Waals surface area contributed by atoms with Gasteiger partial charge in [-0.05, 0) is 31.5 Å². The van der Waals surface area contributed by atoms with E-state index in [4.69, 9.17) is 5.73 Å². The Bertz CT molecular complexity index is 663. The molecule has 6 heteroatoms. The molecule has 0 bridgehead atoms. The zero-order valence-electron chi connectivity index (χ0n) is 11.4. The predicted molar refractivity (Wildman–Crippen MR) is 80.4 cm³/mol. The van der Waals surface area contributed by atoms with Gasteiger partial charge in [0.05, 0.1) is 12.8 Å². The molecule has 1 aromatic heterocycles. The van der Waals surface area contributed by atoms with E-state index in [1.165, 1.54) is 7.11 Å². The number of nitrogens with zero attached hydrogens (tertiary/aromatic N) is 2. The van der Waals surface area contributed by atoms with Gasteiger partial charge in [0.15, 0.2) is 5.82 Å². The van der Waals surface area contributed by atoms with Crippen molar-refractivity contribution in [2.45, 2.75) is 13.8 Å². The van der Waals surface area contributed by atoms with Crippen LogP contribution in [0.1, 0.15) is 21.6 Å². The zero-order chi connectivity index (χ0) is 14.9. The number of nitrogens with two attached hydrogens (primary N) is 1. The number of esters is 1. The lowest BCUT2D eigenvalue weighted by atomic mass is 10.1. The highest BCUT2D eigenvalue weighted by atomic mass is 79.9. The van der Waals surface area contributed by atoms with E-state index >= 15 is 0 Å². The fraction of sp³-hybridized carbons (Fsp3) is 0.214. The van der Waals surface area contributed by atoms with Crippen LogP contribution < -0.4 is 5.73 Å². The molecule has 0 aliphatic carbocycles. The van der Waals surface area contributed by atoms with Crippen molar-refractivity contribution in [1.82, 2.24) is 9.97 Å². The van der Waals surface area contributed by atoms with Crippen LogP contribution in [-0.4, -0.2) is 23.0 Å². The van der Waals surface area contributed by atoms with Crippen LogP contribution in [0.5, 0.6) is 0 Å². The van der Waals surface area contributed by atoms with Gasteiger partial charge in [-0.15, -0.1) is 0 Å². The molecule has 0 saturated carbocycles. The van der Waals surface area contributed by atoms with Crippen molar-refractivity contribution in [2.24, 2.45) is 0 Å². The van der Waals surface area contributed by atoms with Gasteiger partial charge in [0, 0.05) is 10.0 Å². The second kappa shape index (κ2) is 5.58. The average molecular weight is 336 g/mol. The number of nitrogen functional groups attached to an aromatic ring is 1. The lowest BCUT2D eigenvalue weighted by Crippen LogP contribution is -2.12. The summed E-state index contributed by atoms with van der Waals surface area (Å²) < 4.78 is 5.55. The predicted octanol–water partition coefficient (Wildman–Crippen LogP) is 2.89. The van der Waals surface area contributed by atoms with Gasteiger partial charge in [-0.3, -0.25) is 0 Å². The summed E-state index contributed by atoms with van der Waals surface area (Å²) in [4.78, 5) is 20.2. The molecule has 0 unspecified atom stereocenters. The summed E-state index contributed by atoms with van der Waals surface area (Å²) >= 11 is 3.48. The number of ether oxygens (including phenoxy) is 1. The Kier molecular flexibility index (Phi) is 4.04. The van der Waals surface area contributed by atoms with Crippen molar-refractivity contribution in [1.29, 1.82) is 0 Å². The van der Waals surface area contributed by atoms with Crippen LogP contribution in [0.15, 0.2) is 22.7 Å². The Morgan fingerprint density at radius 1 is 1.30 bits per heavy atom. The summed E-state index contributed by atoms with van der Waals surface area (Å²) in [7, 11) is 1.30. The Labute approximate surface area is 125 Å². The van der Waals surface area contributed by atoms with E-state index in [9.17, 15) is 4.79 Å². The van der Waals surface area contributed by atoms with E-state index in [2.05, 4.69) is 30.6 Å². The summed E-state index contributed by atoms with van der Waals surface area (Å²) in [6.07, 6.45) is 0. The number of hydrogen-bond acceptors (Lipinski definition) is 5. The van der Waals surface area contributed by atoms with E-state index in [1.807, 2.05) is 25.1 Å². The second-order valence-electron chi connectivity index (χ2n) is 4.37. The fourth-order valence-electron chi connectivity index (χ4n) is 1.87. The fourth-order valence-corrected chi connectivity index (χ4v) is 2.54. The van der Waals surface area contributed by atoms with E-state index in [0.717, 1.165) is 15.6 Å². The first-order valence-electron chi connectivity index (χ1n) is 5.93. The minimum atomic E-state index is -0.533. The third-order valence-electron chi connectivity index (χ3n) is 2.87. The number of anilines is 1. The Balaban J connectivity index is 2.58. The Morgan fingerprint density at radius 2 is 2.00 bits per heavy atom. The first-order valence-corrected chi connectivity index (χ1v) is 6.72. The summed E-state index contributed by atoms with van der Waals surface area (Å²) in [5.74, 6) is 0.0564. The highest BCUT2D eigenvalue weighted by Crippen LogP contribution is 2.28. The van der Waals surface area contributed by atoms with Gasteiger partial charge in [-0.25, -0.2) is 14.8 Å². The maximum Gasteiger partial charge on any atom is 0.343 e. The molecule has 20 heavy (non-hydrogen) atoms. The zero-order valence-corrected chi connectivity index (χ0v) is 13.0. The molecule has 5 nitrogen and oxygen atoms in total. The van der Waals surface area contributed by atoms with Crippen molar-refractivity contribution in [3.05, 3.63) is 39.5 Å². The number of halogens is 1. The first-order chi connectivity index (χ1) is 9.43. The van der Waals surface area contributed by atoms with Crippen LogP contribution in [0.4, 0.5) is 5.82 Å². The maximum absolute atomic E-state index is 11.6.